The van der Waals surface area contributed by atoms with Gasteiger partial charge in [-0.3, -0.25) is 9.52 Å². The molecule has 0 saturated heterocycles. The predicted octanol–water partition coefficient (Wildman–Crippen LogP) is 5.68. The van der Waals surface area contributed by atoms with Gasteiger partial charge in [-0.15, -0.1) is 0 Å². The first-order chi connectivity index (χ1) is 18.7. The Balaban J connectivity index is 1.39. The topological polar surface area (TPSA) is 118 Å². The molecule has 2 N–H and O–H groups in total. The largest absolute Gasteiger partial charge is 0.345 e. The highest BCUT2D eigenvalue weighted by molar-refractivity contribution is 7.92. The van der Waals surface area contributed by atoms with E-state index in [1.165, 1.54) is 12.3 Å². The first kappa shape index (κ1) is 24.7. The van der Waals surface area contributed by atoms with Crippen molar-refractivity contribution in [1.82, 2.24) is 18.7 Å². The molecule has 0 amide bonds. The van der Waals surface area contributed by atoms with E-state index in [2.05, 4.69) is 18.7 Å². The molecular weight excluding hydrogens is 551 g/mol. The molecule has 6 aromatic rings. The number of rotatable bonds is 6. The molecule has 0 spiro atoms. The van der Waals surface area contributed by atoms with Crippen molar-refractivity contribution in [3.63, 3.8) is 0 Å². The molecule has 0 aliphatic carbocycles. The SMILES string of the molecule is O=C(c1c(F)ccc(NS(=O)(=O)c2cccc(F)c2)c1F)c1c[nH]c2ncc(-c3ccc4nsnc4c3)cc12. The molecule has 0 saturated carbocycles. The fraction of sp³-hybridized carbons (Fsp3) is 0. The van der Waals surface area contributed by atoms with E-state index in [-0.39, 0.29) is 5.56 Å². The third-order valence-corrected chi connectivity index (χ3v) is 7.95. The van der Waals surface area contributed by atoms with Crippen LogP contribution in [0.25, 0.3) is 33.2 Å². The van der Waals surface area contributed by atoms with Crippen molar-refractivity contribution in [2.75, 3.05) is 4.72 Å². The average Bonchev–Trinajstić information content (AvgIpc) is 3.56. The van der Waals surface area contributed by atoms with Gasteiger partial charge in [-0.25, -0.2) is 26.6 Å². The molecule has 0 radical (unpaired) electrons. The third kappa shape index (κ3) is 4.41. The zero-order valence-corrected chi connectivity index (χ0v) is 21.1. The number of carbonyl (C=O) groups excluding carboxylic acids is 1. The first-order valence-corrected chi connectivity index (χ1v) is 13.4. The molecular formula is C26H14F3N5O3S2. The van der Waals surface area contributed by atoms with E-state index in [1.807, 2.05) is 16.9 Å². The lowest BCUT2D eigenvalue weighted by molar-refractivity contribution is 0.103. The number of ketones is 1. The normalized spacial score (nSPS) is 11.8. The number of benzene rings is 3. The average molecular weight is 566 g/mol. The summed E-state index contributed by atoms with van der Waals surface area (Å²) in [6.07, 6.45) is 2.86. The number of H-pyrrole nitrogens is 1. The molecule has 39 heavy (non-hydrogen) atoms. The van der Waals surface area contributed by atoms with Crippen LogP contribution in [0.4, 0.5) is 18.9 Å². The molecule has 0 aliphatic rings. The second kappa shape index (κ2) is 9.29. The number of anilines is 1. The molecule has 0 unspecified atom stereocenters. The Morgan fingerprint density at radius 2 is 1.74 bits per heavy atom. The minimum absolute atomic E-state index is 0.0707. The number of pyridine rings is 1. The monoisotopic (exact) mass is 565 g/mol. The summed E-state index contributed by atoms with van der Waals surface area (Å²) in [5.41, 5.74) is 1.39. The Morgan fingerprint density at radius 1 is 0.923 bits per heavy atom. The highest BCUT2D eigenvalue weighted by atomic mass is 32.2. The molecule has 3 aromatic heterocycles. The van der Waals surface area contributed by atoms with Crippen LogP contribution in [0.15, 0.2) is 78.0 Å². The molecule has 0 fully saturated rings. The van der Waals surface area contributed by atoms with Crippen molar-refractivity contribution in [2.45, 2.75) is 4.90 Å². The molecule has 3 heterocycles. The summed E-state index contributed by atoms with van der Waals surface area (Å²) in [5, 5.41) is 0.304. The van der Waals surface area contributed by atoms with Gasteiger partial charge in [-0.1, -0.05) is 12.1 Å². The number of halogens is 3. The molecule has 0 atom stereocenters. The summed E-state index contributed by atoms with van der Waals surface area (Å²) in [4.78, 5) is 20.1. The van der Waals surface area contributed by atoms with Crippen LogP contribution in [0.5, 0.6) is 0 Å². The van der Waals surface area contributed by atoms with Gasteiger partial charge in [0.25, 0.3) is 10.0 Å². The Bertz CT molecular complexity index is 2040. The summed E-state index contributed by atoms with van der Waals surface area (Å²) in [6, 6.07) is 12.8. The molecule has 8 nitrogen and oxygen atoms in total. The van der Waals surface area contributed by atoms with Crippen molar-refractivity contribution in [1.29, 1.82) is 0 Å². The van der Waals surface area contributed by atoms with Gasteiger partial charge in [0.2, 0.25) is 5.78 Å². The van der Waals surface area contributed by atoms with Gasteiger partial charge in [-0.2, -0.15) is 8.75 Å². The number of sulfonamides is 1. The first-order valence-electron chi connectivity index (χ1n) is 11.2. The Morgan fingerprint density at radius 3 is 2.56 bits per heavy atom. The van der Waals surface area contributed by atoms with Gasteiger partial charge in [0.15, 0.2) is 5.82 Å². The highest BCUT2D eigenvalue weighted by Crippen LogP contribution is 2.31. The lowest BCUT2D eigenvalue weighted by Crippen LogP contribution is -2.16. The minimum Gasteiger partial charge on any atom is -0.345 e. The lowest BCUT2D eigenvalue weighted by Gasteiger charge is -2.12. The number of hydrogen-bond acceptors (Lipinski definition) is 7. The van der Waals surface area contributed by atoms with Crippen molar-refractivity contribution in [2.24, 2.45) is 0 Å². The number of aromatic nitrogens is 4. The molecule has 13 heteroatoms. The number of nitrogens with one attached hydrogen (secondary N) is 2. The van der Waals surface area contributed by atoms with E-state index < -0.39 is 49.4 Å². The number of hydrogen-bond donors (Lipinski definition) is 2. The van der Waals surface area contributed by atoms with Gasteiger partial charge in [-0.05, 0) is 54.1 Å². The summed E-state index contributed by atoms with van der Waals surface area (Å²) in [5.74, 6) is -4.45. The Hall–Kier alpha value is -4.62. The summed E-state index contributed by atoms with van der Waals surface area (Å²) >= 11 is 1.08. The predicted molar refractivity (Wildman–Crippen MR) is 140 cm³/mol. The van der Waals surface area contributed by atoms with Crippen LogP contribution in [0.1, 0.15) is 15.9 Å². The van der Waals surface area contributed by atoms with Crippen LogP contribution >= 0.6 is 11.7 Å². The van der Waals surface area contributed by atoms with Gasteiger partial charge < -0.3 is 4.98 Å². The number of fused-ring (bicyclic) bond motifs is 2. The van der Waals surface area contributed by atoms with Crippen molar-refractivity contribution < 1.29 is 26.4 Å². The van der Waals surface area contributed by atoms with Gasteiger partial charge in [0.05, 0.1) is 27.9 Å². The van der Waals surface area contributed by atoms with Gasteiger partial charge >= 0.3 is 0 Å². The second-order valence-corrected chi connectivity index (χ2v) is 10.7. The van der Waals surface area contributed by atoms with E-state index in [0.29, 0.717) is 22.1 Å². The number of nitrogens with zero attached hydrogens (tertiary/aromatic N) is 3. The van der Waals surface area contributed by atoms with Crippen LogP contribution in [-0.4, -0.2) is 32.9 Å². The maximum absolute atomic E-state index is 15.5. The van der Waals surface area contributed by atoms with E-state index in [9.17, 15) is 22.0 Å². The zero-order chi connectivity index (χ0) is 27.3. The highest BCUT2D eigenvalue weighted by Gasteiger charge is 2.26. The van der Waals surface area contributed by atoms with Crippen molar-refractivity contribution in [3.05, 3.63) is 102 Å². The fourth-order valence-electron chi connectivity index (χ4n) is 4.12. The molecule has 0 aliphatic heterocycles. The van der Waals surface area contributed by atoms with Crippen LogP contribution < -0.4 is 4.72 Å². The van der Waals surface area contributed by atoms with E-state index in [1.54, 1.807) is 18.3 Å². The quantitative estimate of drug-likeness (QED) is 0.251. The van der Waals surface area contributed by atoms with Crippen molar-refractivity contribution >= 4 is 55.3 Å². The summed E-state index contributed by atoms with van der Waals surface area (Å²) in [7, 11) is -4.44. The molecule has 0 bridgehead atoms. The fourth-order valence-corrected chi connectivity index (χ4v) is 5.73. The Labute approximate surface area is 222 Å². The maximum Gasteiger partial charge on any atom is 0.262 e. The summed E-state index contributed by atoms with van der Waals surface area (Å²) in [6.45, 7) is 0. The molecule has 194 valence electrons. The minimum atomic E-state index is -4.44. The van der Waals surface area contributed by atoms with E-state index in [0.717, 1.165) is 53.1 Å². The zero-order valence-electron chi connectivity index (χ0n) is 19.4. The Kier molecular flexibility index (Phi) is 5.88. The van der Waals surface area contributed by atoms with Gasteiger partial charge in [0.1, 0.15) is 28.3 Å². The maximum atomic E-state index is 15.5. The number of aromatic amines is 1. The summed E-state index contributed by atoms with van der Waals surface area (Å²) < 4.78 is 79.5. The van der Waals surface area contributed by atoms with Gasteiger partial charge in [0, 0.05) is 28.9 Å². The molecule has 3 aromatic carbocycles. The lowest BCUT2D eigenvalue weighted by atomic mass is 9.99. The van der Waals surface area contributed by atoms with Crippen LogP contribution in [0.2, 0.25) is 0 Å². The molecule has 6 rings (SSSR count). The van der Waals surface area contributed by atoms with Crippen LogP contribution in [-0.2, 0) is 10.0 Å². The van der Waals surface area contributed by atoms with Crippen LogP contribution in [0, 0.1) is 17.5 Å². The van der Waals surface area contributed by atoms with E-state index >= 15 is 4.39 Å². The number of carbonyl (C=O) groups is 1. The second-order valence-electron chi connectivity index (χ2n) is 8.47. The standard InChI is InChI=1S/C26H14F3N5O3S2/c27-15-2-1-3-16(10-15)39(36,37)34-21-7-5-19(28)23(24(21)29)25(35)18-12-31-26-17(18)8-14(11-30-26)13-4-6-20-22(9-13)33-38-32-20/h1-12,34H,(H,30,31). The van der Waals surface area contributed by atoms with Crippen LogP contribution in [0.3, 0.4) is 0 Å². The third-order valence-electron chi connectivity index (χ3n) is 6.03. The van der Waals surface area contributed by atoms with E-state index in [4.69, 9.17) is 0 Å². The smallest absolute Gasteiger partial charge is 0.262 e. The van der Waals surface area contributed by atoms with Crippen molar-refractivity contribution in [3.8, 4) is 11.1 Å².